The predicted octanol–water partition coefficient (Wildman–Crippen LogP) is 3.39. The maximum absolute atomic E-state index is 13.2. The van der Waals surface area contributed by atoms with Crippen LogP contribution in [0.4, 0.5) is 11.4 Å². The van der Waals surface area contributed by atoms with E-state index in [2.05, 4.69) is 4.90 Å². The standard InChI is InChI=1S/C26H29N5O3S/c1-17(2)23-25(33)31-24(28-23)18-8-4-5-9-19(18)27-26(31)35-16-22(32)30-14-12-29(13-15-30)20-10-6-7-11-21(20)34-3/h4-11,17,23H,12-16H2,1-3H3/t23-/m0/s1. The van der Waals surface area contributed by atoms with E-state index in [1.165, 1.54) is 11.8 Å². The Bertz CT molecular complexity index is 1200. The molecule has 35 heavy (non-hydrogen) atoms. The fourth-order valence-electron chi connectivity index (χ4n) is 4.61. The first-order valence-corrected chi connectivity index (χ1v) is 12.8. The second kappa shape index (κ2) is 9.73. The van der Waals surface area contributed by atoms with Crippen molar-refractivity contribution in [1.82, 2.24) is 9.80 Å². The molecule has 1 saturated heterocycles. The van der Waals surface area contributed by atoms with Gasteiger partial charge in [-0.05, 0) is 30.2 Å². The molecular weight excluding hydrogens is 462 g/mol. The molecule has 0 aliphatic carbocycles. The van der Waals surface area contributed by atoms with E-state index in [4.69, 9.17) is 14.7 Å². The number of carbonyl (C=O) groups excluding carboxylic acids is 2. The molecule has 3 heterocycles. The molecule has 5 rings (SSSR count). The highest BCUT2D eigenvalue weighted by Crippen LogP contribution is 2.35. The quantitative estimate of drug-likeness (QED) is 0.641. The number of anilines is 1. The van der Waals surface area contributed by atoms with Crippen molar-refractivity contribution in [3.63, 3.8) is 0 Å². The van der Waals surface area contributed by atoms with E-state index in [1.54, 1.807) is 12.0 Å². The summed E-state index contributed by atoms with van der Waals surface area (Å²) < 4.78 is 5.49. The van der Waals surface area contributed by atoms with Crippen molar-refractivity contribution in [3.05, 3.63) is 54.1 Å². The average molecular weight is 492 g/mol. The number of aliphatic imine (C=N–C) groups is 2. The van der Waals surface area contributed by atoms with Crippen molar-refractivity contribution in [1.29, 1.82) is 0 Å². The molecule has 9 heteroatoms. The van der Waals surface area contributed by atoms with E-state index in [0.29, 0.717) is 24.1 Å². The average Bonchev–Trinajstić information content (AvgIpc) is 3.25. The largest absolute Gasteiger partial charge is 0.495 e. The van der Waals surface area contributed by atoms with E-state index in [9.17, 15) is 9.59 Å². The minimum atomic E-state index is -0.430. The van der Waals surface area contributed by atoms with E-state index in [1.807, 2.05) is 67.3 Å². The zero-order valence-electron chi connectivity index (χ0n) is 20.2. The molecule has 2 aromatic carbocycles. The van der Waals surface area contributed by atoms with Crippen LogP contribution in [-0.4, -0.2) is 77.7 Å². The number of thioether (sulfide) groups is 1. The molecule has 0 N–H and O–H groups in total. The molecule has 2 aromatic rings. The maximum atomic E-state index is 13.2. The molecule has 0 aromatic heterocycles. The highest BCUT2D eigenvalue weighted by molar-refractivity contribution is 8.14. The molecule has 1 fully saturated rings. The number of amides is 2. The number of benzene rings is 2. The normalized spacial score (nSPS) is 19.4. The first-order valence-electron chi connectivity index (χ1n) is 11.9. The number of nitrogens with zero attached hydrogens (tertiary/aromatic N) is 5. The lowest BCUT2D eigenvalue weighted by Gasteiger charge is -2.36. The van der Waals surface area contributed by atoms with Gasteiger partial charge in [0.25, 0.3) is 5.91 Å². The Labute approximate surface area is 209 Å². The summed E-state index contributed by atoms with van der Waals surface area (Å²) in [7, 11) is 1.67. The Balaban J connectivity index is 1.26. The van der Waals surface area contributed by atoms with Gasteiger partial charge in [0.2, 0.25) is 5.91 Å². The fourth-order valence-corrected chi connectivity index (χ4v) is 5.51. The highest BCUT2D eigenvalue weighted by Gasteiger charge is 2.42. The molecule has 0 radical (unpaired) electrons. The topological polar surface area (TPSA) is 77.8 Å². The molecule has 0 spiro atoms. The number of ether oxygens (including phenoxy) is 1. The SMILES string of the molecule is COc1ccccc1N1CCN(C(=O)CSC2=Nc3ccccc3C3=N[C@@H](C(C)C)C(=O)N23)CC1. The van der Waals surface area contributed by atoms with Crippen LogP contribution < -0.4 is 9.64 Å². The summed E-state index contributed by atoms with van der Waals surface area (Å²) in [5, 5.41) is 0.525. The van der Waals surface area contributed by atoms with Gasteiger partial charge >= 0.3 is 0 Å². The molecular formula is C26H29N5O3S. The predicted molar refractivity (Wildman–Crippen MR) is 140 cm³/mol. The fraction of sp³-hybridized carbons (Fsp3) is 0.385. The minimum absolute atomic E-state index is 0.0433. The van der Waals surface area contributed by atoms with Gasteiger partial charge in [-0.25, -0.2) is 9.89 Å². The molecule has 2 amide bonds. The summed E-state index contributed by atoms with van der Waals surface area (Å²) in [5.41, 5.74) is 2.68. The van der Waals surface area contributed by atoms with Crippen molar-refractivity contribution in [2.75, 3.05) is 43.9 Å². The summed E-state index contributed by atoms with van der Waals surface area (Å²) in [6, 6.07) is 15.2. The van der Waals surface area contributed by atoms with Crippen LogP contribution in [0.2, 0.25) is 0 Å². The van der Waals surface area contributed by atoms with E-state index >= 15 is 0 Å². The second-order valence-corrected chi connectivity index (χ2v) is 10.00. The van der Waals surface area contributed by atoms with Crippen LogP contribution in [0.25, 0.3) is 0 Å². The molecule has 1 atom stereocenters. The van der Waals surface area contributed by atoms with E-state index in [0.717, 1.165) is 35.8 Å². The van der Waals surface area contributed by atoms with Crippen LogP contribution in [0, 0.1) is 5.92 Å². The third-order valence-electron chi connectivity index (χ3n) is 6.51. The number of fused-ring (bicyclic) bond motifs is 3. The molecule has 182 valence electrons. The van der Waals surface area contributed by atoms with Crippen LogP contribution in [0.15, 0.2) is 58.5 Å². The third kappa shape index (κ3) is 4.40. The Morgan fingerprint density at radius 3 is 2.54 bits per heavy atom. The van der Waals surface area contributed by atoms with Crippen molar-refractivity contribution in [2.45, 2.75) is 19.9 Å². The van der Waals surface area contributed by atoms with Gasteiger partial charge in [-0.1, -0.05) is 49.9 Å². The Hall–Kier alpha value is -3.33. The smallest absolute Gasteiger partial charge is 0.259 e. The number of para-hydroxylation sites is 3. The van der Waals surface area contributed by atoms with Crippen LogP contribution in [0.5, 0.6) is 5.75 Å². The van der Waals surface area contributed by atoms with E-state index < -0.39 is 6.04 Å². The van der Waals surface area contributed by atoms with Crippen molar-refractivity contribution >= 4 is 46.0 Å². The number of hydrogen-bond donors (Lipinski definition) is 0. The van der Waals surface area contributed by atoms with Gasteiger partial charge in [-0.2, -0.15) is 0 Å². The molecule has 0 bridgehead atoms. The van der Waals surface area contributed by atoms with Gasteiger partial charge < -0.3 is 14.5 Å². The van der Waals surface area contributed by atoms with Gasteiger partial charge in [0.15, 0.2) is 5.17 Å². The van der Waals surface area contributed by atoms with Gasteiger partial charge in [0.1, 0.15) is 17.6 Å². The van der Waals surface area contributed by atoms with Gasteiger partial charge in [0.05, 0.1) is 24.2 Å². The molecule has 0 saturated carbocycles. The maximum Gasteiger partial charge on any atom is 0.259 e. The van der Waals surface area contributed by atoms with Crippen LogP contribution in [-0.2, 0) is 9.59 Å². The first kappa shape index (κ1) is 23.4. The number of carbonyl (C=O) groups is 2. The molecule has 3 aliphatic heterocycles. The molecule has 0 unspecified atom stereocenters. The monoisotopic (exact) mass is 491 g/mol. The van der Waals surface area contributed by atoms with Crippen LogP contribution in [0.1, 0.15) is 19.4 Å². The molecule has 8 nitrogen and oxygen atoms in total. The number of methoxy groups -OCH3 is 1. The van der Waals surface area contributed by atoms with Crippen LogP contribution in [0.3, 0.4) is 0 Å². The number of hydrogen-bond acceptors (Lipinski definition) is 7. The van der Waals surface area contributed by atoms with Gasteiger partial charge in [-0.3, -0.25) is 14.6 Å². The van der Waals surface area contributed by atoms with E-state index in [-0.39, 0.29) is 23.5 Å². The minimum Gasteiger partial charge on any atom is -0.495 e. The first-order chi connectivity index (χ1) is 17.0. The molecule has 3 aliphatic rings. The second-order valence-electron chi connectivity index (χ2n) is 9.06. The summed E-state index contributed by atoms with van der Waals surface area (Å²) in [5.74, 6) is 1.75. The lowest BCUT2D eigenvalue weighted by atomic mass is 10.1. The zero-order valence-corrected chi connectivity index (χ0v) is 21.0. The van der Waals surface area contributed by atoms with Crippen molar-refractivity contribution < 1.29 is 14.3 Å². The zero-order chi connectivity index (χ0) is 24.5. The lowest BCUT2D eigenvalue weighted by Crippen LogP contribution is -2.49. The summed E-state index contributed by atoms with van der Waals surface area (Å²) in [4.78, 5) is 41.4. The van der Waals surface area contributed by atoms with Crippen LogP contribution >= 0.6 is 11.8 Å². The summed E-state index contributed by atoms with van der Waals surface area (Å²) in [6.07, 6.45) is 0. The van der Waals surface area contributed by atoms with Crippen molar-refractivity contribution in [2.24, 2.45) is 15.9 Å². The Morgan fingerprint density at radius 2 is 1.80 bits per heavy atom. The highest BCUT2D eigenvalue weighted by atomic mass is 32.2. The van der Waals surface area contributed by atoms with Gasteiger partial charge in [-0.15, -0.1) is 0 Å². The Kier molecular flexibility index (Phi) is 6.51. The summed E-state index contributed by atoms with van der Waals surface area (Å²) in [6.45, 7) is 6.74. The summed E-state index contributed by atoms with van der Waals surface area (Å²) >= 11 is 1.31. The van der Waals surface area contributed by atoms with Gasteiger partial charge in [0, 0.05) is 31.7 Å². The third-order valence-corrected chi connectivity index (χ3v) is 7.44. The lowest BCUT2D eigenvalue weighted by molar-refractivity contribution is -0.128. The van der Waals surface area contributed by atoms with Crippen molar-refractivity contribution in [3.8, 4) is 5.75 Å². The number of piperazine rings is 1. The number of amidine groups is 2. The Morgan fingerprint density at radius 1 is 1.09 bits per heavy atom. The number of rotatable bonds is 5.